The van der Waals surface area contributed by atoms with Crippen LogP contribution in [-0.2, 0) is 12.0 Å². The molecular formula is C21H21N7O. The van der Waals surface area contributed by atoms with Crippen LogP contribution >= 0.6 is 0 Å². The van der Waals surface area contributed by atoms with E-state index >= 15 is 0 Å². The zero-order valence-corrected chi connectivity index (χ0v) is 16.2. The monoisotopic (exact) mass is 387 g/mol. The molecular weight excluding hydrogens is 366 g/mol. The van der Waals surface area contributed by atoms with Crippen LogP contribution in [0.25, 0.3) is 17.0 Å². The Labute approximate surface area is 167 Å². The Balaban J connectivity index is 1.53. The van der Waals surface area contributed by atoms with E-state index < -0.39 is 0 Å². The van der Waals surface area contributed by atoms with E-state index in [4.69, 9.17) is 9.40 Å². The third-order valence-electron chi connectivity index (χ3n) is 6.45. The molecule has 0 N–H and O–H groups in total. The summed E-state index contributed by atoms with van der Waals surface area (Å²) in [4.78, 5) is 11.5. The minimum atomic E-state index is -0.255. The van der Waals surface area contributed by atoms with E-state index in [1.165, 1.54) is 6.42 Å². The Hall–Kier alpha value is -3.29. The van der Waals surface area contributed by atoms with Gasteiger partial charge in [-0.3, -0.25) is 0 Å². The summed E-state index contributed by atoms with van der Waals surface area (Å²) in [5.41, 5.74) is 1.69. The Kier molecular flexibility index (Phi) is 3.50. The molecule has 3 aromatic heterocycles. The van der Waals surface area contributed by atoms with Crippen LogP contribution in [0.4, 0.5) is 5.82 Å². The highest BCUT2D eigenvalue weighted by molar-refractivity contribution is 5.66. The number of rotatable bonds is 4. The maximum Gasteiger partial charge on any atom is 0.254 e. The van der Waals surface area contributed by atoms with Crippen molar-refractivity contribution < 1.29 is 4.42 Å². The fourth-order valence-corrected chi connectivity index (χ4v) is 4.88. The number of benzene rings is 1. The minimum Gasteiger partial charge on any atom is -0.423 e. The highest BCUT2D eigenvalue weighted by Gasteiger charge is 2.60. The van der Waals surface area contributed by atoms with Gasteiger partial charge in [-0.15, -0.1) is 10.2 Å². The third kappa shape index (κ3) is 2.28. The van der Waals surface area contributed by atoms with Gasteiger partial charge in [0.05, 0.1) is 5.69 Å². The lowest BCUT2D eigenvalue weighted by Gasteiger charge is -2.47. The third-order valence-corrected chi connectivity index (χ3v) is 6.45. The topological polar surface area (TPSA) is 85.2 Å². The molecule has 0 radical (unpaired) electrons. The zero-order chi connectivity index (χ0) is 19.4. The summed E-state index contributed by atoms with van der Waals surface area (Å²) in [7, 11) is 0. The van der Waals surface area contributed by atoms with Crippen LogP contribution in [0.1, 0.15) is 38.0 Å². The summed E-state index contributed by atoms with van der Waals surface area (Å²) in [5, 5.41) is 13.2. The quantitative estimate of drug-likeness (QED) is 0.531. The van der Waals surface area contributed by atoms with Crippen molar-refractivity contribution in [3.05, 3.63) is 54.5 Å². The second-order valence-electron chi connectivity index (χ2n) is 7.79. The molecule has 1 aromatic carbocycles. The molecule has 1 aliphatic carbocycles. The molecule has 2 aliphatic rings. The summed E-state index contributed by atoms with van der Waals surface area (Å²) >= 11 is 0. The molecule has 0 amide bonds. The summed E-state index contributed by atoms with van der Waals surface area (Å²) < 4.78 is 7.90. The maximum absolute atomic E-state index is 6.08. The fraction of sp³-hybridized carbons (Fsp3) is 0.381. The standard InChI is InChI=1S/C21H21N7O/c1-2-17-25-26-19(29-17)21-10-8-15(21)9-11-27(21)18-12-16(14-6-4-3-5-7-14)24-20-22-13-23-28(18)20/h3-7,12-13,15H,2,8-11H2,1H3/t15-,21-/m0/s1. The van der Waals surface area contributed by atoms with Crippen LogP contribution in [0.3, 0.4) is 0 Å². The summed E-state index contributed by atoms with van der Waals surface area (Å²) in [6.07, 6.45) is 5.58. The number of aryl methyl sites for hydroxylation is 1. The normalized spacial score (nSPS) is 23.3. The fourth-order valence-electron chi connectivity index (χ4n) is 4.88. The predicted octanol–water partition coefficient (Wildman–Crippen LogP) is 3.25. The average Bonchev–Trinajstić information content (AvgIpc) is 3.46. The van der Waals surface area contributed by atoms with E-state index in [-0.39, 0.29) is 5.54 Å². The van der Waals surface area contributed by atoms with Crippen molar-refractivity contribution in [1.82, 2.24) is 29.8 Å². The zero-order valence-electron chi connectivity index (χ0n) is 16.2. The molecule has 8 heteroatoms. The number of hydrogen-bond donors (Lipinski definition) is 0. The first-order valence-corrected chi connectivity index (χ1v) is 10.2. The van der Waals surface area contributed by atoms with Crippen LogP contribution in [0.15, 0.2) is 47.1 Å². The summed E-state index contributed by atoms with van der Waals surface area (Å²) in [6.45, 7) is 2.95. The number of fused-ring (bicyclic) bond motifs is 2. The lowest BCUT2D eigenvalue weighted by atomic mass is 9.67. The lowest BCUT2D eigenvalue weighted by Crippen LogP contribution is -2.52. The van der Waals surface area contributed by atoms with Gasteiger partial charge in [-0.2, -0.15) is 14.6 Å². The van der Waals surface area contributed by atoms with E-state index in [1.807, 2.05) is 29.6 Å². The number of hydrogen-bond acceptors (Lipinski definition) is 7. The van der Waals surface area contributed by atoms with Crippen molar-refractivity contribution in [3.8, 4) is 11.3 Å². The molecule has 29 heavy (non-hydrogen) atoms. The molecule has 2 fully saturated rings. The van der Waals surface area contributed by atoms with Crippen molar-refractivity contribution in [3.63, 3.8) is 0 Å². The van der Waals surface area contributed by atoms with Crippen LogP contribution in [0.5, 0.6) is 0 Å². The molecule has 1 saturated carbocycles. The largest absolute Gasteiger partial charge is 0.423 e. The first-order valence-electron chi connectivity index (χ1n) is 10.2. The minimum absolute atomic E-state index is 0.255. The molecule has 6 rings (SSSR count). The second kappa shape index (κ2) is 6.10. The van der Waals surface area contributed by atoms with Crippen molar-refractivity contribution in [1.29, 1.82) is 0 Å². The van der Waals surface area contributed by atoms with Gasteiger partial charge in [0.2, 0.25) is 11.8 Å². The Morgan fingerprint density at radius 2 is 2.07 bits per heavy atom. The van der Waals surface area contributed by atoms with Gasteiger partial charge in [0.25, 0.3) is 5.78 Å². The molecule has 8 nitrogen and oxygen atoms in total. The molecule has 2 atom stereocenters. The van der Waals surface area contributed by atoms with Crippen molar-refractivity contribution >= 4 is 11.6 Å². The highest BCUT2D eigenvalue weighted by Crippen LogP contribution is 2.57. The van der Waals surface area contributed by atoms with E-state index in [9.17, 15) is 0 Å². The Bertz CT molecular complexity index is 1180. The van der Waals surface area contributed by atoms with Gasteiger partial charge in [-0.25, -0.2) is 4.98 Å². The van der Waals surface area contributed by atoms with Crippen molar-refractivity contribution in [2.75, 3.05) is 11.4 Å². The van der Waals surface area contributed by atoms with E-state index in [2.05, 4.69) is 43.4 Å². The van der Waals surface area contributed by atoms with Crippen LogP contribution < -0.4 is 4.90 Å². The highest BCUT2D eigenvalue weighted by atomic mass is 16.4. The van der Waals surface area contributed by atoms with E-state index in [0.29, 0.717) is 17.6 Å². The van der Waals surface area contributed by atoms with Gasteiger partial charge in [0, 0.05) is 24.6 Å². The molecule has 0 unspecified atom stereocenters. The number of anilines is 1. The Morgan fingerprint density at radius 3 is 2.83 bits per heavy atom. The van der Waals surface area contributed by atoms with Gasteiger partial charge < -0.3 is 9.32 Å². The lowest BCUT2D eigenvalue weighted by molar-refractivity contribution is 0.121. The van der Waals surface area contributed by atoms with Crippen LogP contribution in [0.2, 0.25) is 0 Å². The SMILES string of the molecule is CCc1nnc([C@]23CC[C@H]2CCN3c2cc(-c3ccccc3)nc3ncnn23)o1. The smallest absolute Gasteiger partial charge is 0.254 e. The van der Waals surface area contributed by atoms with E-state index in [0.717, 1.165) is 48.8 Å². The van der Waals surface area contributed by atoms with Crippen molar-refractivity contribution in [2.24, 2.45) is 5.92 Å². The van der Waals surface area contributed by atoms with Crippen LogP contribution in [-0.4, -0.2) is 36.3 Å². The number of aromatic nitrogens is 6. The molecule has 0 bridgehead atoms. The van der Waals surface area contributed by atoms with Gasteiger partial charge >= 0.3 is 0 Å². The molecule has 1 saturated heterocycles. The van der Waals surface area contributed by atoms with Gasteiger partial charge in [-0.05, 0) is 25.2 Å². The molecule has 146 valence electrons. The Morgan fingerprint density at radius 1 is 1.17 bits per heavy atom. The predicted molar refractivity (Wildman–Crippen MR) is 106 cm³/mol. The molecule has 0 spiro atoms. The summed E-state index contributed by atoms with van der Waals surface area (Å²) in [5.74, 6) is 3.51. The number of nitrogens with zero attached hydrogens (tertiary/aromatic N) is 7. The second-order valence-corrected chi connectivity index (χ2v) is 7.79. The molecule has 4 aromatic rings. The van der Waals surface area contributed by atoms with E-state index in [1.54, 1.807) is 6.33 Å². The van der Waals surface area contributed by atoms with Gasteiger partial charge in [-0.1, -0.05) is 37.3 Å². The average molecular weight is 387 g/mol. The van der Waals surface area contributed by atoms with Gasteiger partial charge in [0.1, 0.15) is 17.7 Å². The van der Waals surface area contributed by atoms with Gasteiger partial charge in [0.15, 0.2) is 0 Å². The maximum atomic E-state index is 6.08. The first-order chi connectivity index (χ1) is 14.3. The van der Waals surface area contributed by atoms with Crippen molar-refractivity contribution in [2.45, 2.75) is 38.1 Å². The molecule has 1 aliphatic heterocycles. The van der Waals surface area contributed by atoms with Crippen LogP contribution in [0, 0.1) is 5.92 Å². The first kappa shape index (κ1) is 16.6. The molecule has 4 heterocycles. The summed E-state index contributed by atoms with van der Waals surface area (Å²) in [6, 6.07) is 12.3.